The number of amides is 1. The fraction of sp³-hybridized carbons (Fsp3) is 0.385. The van der Waals surface area contributed by atoms with Crippen LogP contribution in [0.1, 0.15) is 18.6 Å². The van der Waals surface area contributed by atoms with Crippen LogP contribution >= 0.6 is 0 Å². The van der Waals surface area contributed by atoms with E-state index >= 15 is 0 Å². The Morgan fingerprint density at radius 1 is 1.29 bits per heavy atom. The molecule has 2 atom stereocenters. The number of para-hydroxylation sites is 1. The standard InChI is InChI=1S/C13H16N2O6/c1-8(16)14-11(13(17)21-3)12(20-2)9-6-4-5-7-10(9)15(18)19/h4-7,11-12H,1-3H3,(H,14,16)/t11-,12+/m1/s1. The van der Waals surface area contributed by atoms with E-state index in [0.717, 1.165) is 7.11 Å². The lowest BCUT2D eigenvalue weighted by molar-refractivity contribution is -0.386. The van der Waals surface area contributed by atoms with Crippen molar-refractivity contribution >= 4 is 17.6 Å². The van der Waals surface area contributed by atoms with E-state index in [1.54, 1.807) is 6.07 Å². The SMILES string of the molecule is COC(=O)[C@H](NC(C)=O)[C@@H](OC)c1ccccc1[N+](=O)[O-]. The highest BCUT2D eigenvalue weighted by Crippen LogP contribution is 2.29. The largest absolute Gasteiger partial charge is 0.467 e. The van der Waals surface area contributed by atoms with Crippen molar-refractivity contribution in [2.45, 2.75) is 19.1 Å². The van der Waals surface area contributed by atoms with Crippen LogP contribution in [0.4, 0.5) is 5.69 Å². The van der Waals surface area contributed by atoms with Gasteiger partial charge in [0.25, 0.3) is 5.69 Å². The molecule has 0 aliphatic rings. The zero-order valence-corrected chi connectivity index (χ0v) is 11.9. The second-order valence-corrected chi connectivity index (χ2v) is 4.17. The Morgan fingerprint density at radius 3 is 2.38 bits per heavy atom. The smallest absolute Gasteiger partial charge is 0.331 e. The summed E-state index contributed by atoms with van der Waals surface area (Å²) in [6.45, 7) is 1.22. The van der Waals surface area contributed by atoms with Gasteiger partial charge in [-0.1, -0.05) is 12.1 Å². The monoisotopic (exact) mass is 296 g/mol. The summed E-state index contributed by atoms with van der Waals surface area (Å²) in [5, 5.41) is 13.5. The summed E-state index contributed by atoms with van der Waals surface area (Å²) in [6.07, 6.45) is -1.04. The fourth-order valence-corrected chi connectivity index (χ4v) is 1.94. The molecule has 0 aliphatic carbocycles. The van der Waals surface area contributed by atoms with Crippen LogP contribution in [-0.4, -0.2) is 37.1 Å². The molecular weight excluding hydrogens is 280 g/mol. The van der Waals surface area contributed by atoms with E-state index in [4.69, 9.17) is 4.74 Å². The van der Waals surface area contributed by atoms with E-state index in [9.17, 15) is 19.7 Å². The first-order chi connectivity index (χ1) is 9.92. The highest BCUT2D eigenvalue weighted by atomic mass is 16.6. The van der Waals surface area contributed by atoms with Crippen molar-refractivity contribution in [1.29, 1.82) is 0 Å². The molecule has 0 radical (unpaired) electrons. The van der Waals surface area contributed by atoms with Crippen molar-refractivity contribution in [2.24, 2.45) is 0 Å². The van der Waals surface area contributed by atoms with E-state index in [0.29, 0.717) is 0 Å². The molecule has 21 heavy (non-hydrogen) atoms. The summed E-state index contributed by atoms with van der Waals surface area (Å²) in [7, 11) is 2.45. The van der Waals surface area contributed by atoms with Gasteiger partial charge in [0.05, 0.1) is 17.6 Å². The predicted molar refractivity (Wildman–Crippen MR) is 72.5 cm³/mol. The van der Waals surface area contributed by atoms with Crippen LogP contribution in [0.25, 0.3) is 0 Å². The van der Waals surface area contributed by atoms with Crippen molar-refractivity contribution < 1.29 is 24.0 Å². The Bertz CT molecular complexity index is 545. The maximum Gasteiger partial charge on any atom is 0.331 e. The van der Waals surface area contributed by atoms with Crippen LogP contribution in [0.2, 0.25) is 0 Å². The highest BCUT2D eigenvalue weighted by Gasteiger charge is 2.35. The normalized spacial score (nSPS) is 13.1. The average Bonchev–Trinajstić information content (AvgIpc) is 2.46. The van der Waals surface area contributed by atoms with Crippen molar-refractivity contribution in [3.8, 4) is 0 Å². The maximum absolute atomic E-state index is 11.8. The Morgan fingerprint density at radius 2 is 1.90 bits per heavy atom. The number of hydrogen-bond acceptors (Lipinski definition) is 6. The van der Waals surface area contributed by atoms with Crippen molar-refractivity contribution in [1.82, 2.24) is 5.32 Å². The number of nitrogens with zero attached hydrogens (tertiary/aromatic N) is 1. The lowest BCUT2D eigenvalue weighted by atomic mass is 10.00. The van der Waals surface area contributed by atoms with Crippen LogP contribution in [0.15, 0.2) is 24.3 Å². The Balaban J connectivity index is 3.28. The number of carbonyl (C=O) groups is 2. The Hall–Kier alpha value is -2.48. The number of carbonyl (C=O) groups excluding carboxylic acids is 2. The van der Waals surface area contributed by atoms with Gasteiger partial charge in [-0.3, -0.25) is 14.9 Å². The minimum atomic E-state index is -1.18. The second kappa shape index (κ2) is 7.34. The van der Waals surface area contributed by atoms with Crippen molar-refractivity contribution in [3.05, 3.63) is 39.9 Å². The van der Waals surface area contributed by atoms with Crippen LogP contribution in [0.5, 0.6) is 0 Å². The predicted octanol–water partition coefficient (Wildman–Crippen LogP) is 0.960. The summed E-state index contributed by atoms with van der Waals surface area (Å²) in [6, 6.07) is 4.66. The van der Waals surface area contributed by atoms with Crippen LogP contribution in [0, 0.1) is 10.1 Å². The molecule has 0 aromatic heterocycles. The molecule has 1 rings (SSSR count). The van der Waals surface area contributed by atoms with E-state index in [1.165, 1.54) is 32.2 Å². The Labute approximate surface area is 121 Å². The molecule has 1 aromatic rings. The molecule has 0 saturated carbocycles. The Kier molecular flexibility index (Phi) is 5.79. The van der Waals surface area contributed by atoms with Gasteiger partial charge in [0.15, 0.2) is 6.04 Å². The topological polar surface area (TPSA) is 108 Å². The molecule has 8 heteroatoms. The van der Waals surface area contributed by atoms with Gasteiger partial charge in [-0.25, -0.2) is 4.79 Å². The van der Waals surface area contributed by atoms with Gasteiger partial charge in [0.2, 0.25) is 5.91 Å². The van der Waals surface area contributed by atoms with Gasteiger partial charge in [-0.15, -0.1) is 0 Å². The number of nitrogens with one attached hydrogen (secondary N) is 1. The van der Waals surface area contributed by atoms with Gasteiger partial charge in [-0.05, 0) is 6.07 Å². The van der Waals surface area contributed by atoms with Crippen molar-refractivity contribution in [3.63, 3.8) is 0 Å². The molecule has 0 bridgehead atoms. The third kappa shape index (κ3) is 3.99. The number of rotatable bonds is 6. The molecule has 1 N–H and O–H groups in total. The minimum absolute atomic E-state index is 0.175. The highest BCUT2D eigenvalue weighted by molar-refractivity contribution is 5.84. The lowest BCUT2D eigenvalue weighted by Crippen LogP contribution is -2.45. The summed E-state index contributed by atoms with van der Waals surface area (Å²) in [4.78, 5) is 33.5. The molecule has 1 aromatic carbocycles. The zero-order valence-electron chi connectivity index (χ0n) is 11.9. The van der Waals surface area contributed by atoms with Crippen molar-refractivity contribution in [2.75, 3.05) is 14.2 Å². The number of esters is 1. The number of hydrogen-bond donors (Lipinski definition) is 1. The van der Waals surface area contributed by atoms with E-state index in [1.807, 2.05) is 0 Å². The zero-order chi connectivity index (χ0) is 16.0. The molecule has 1 amide bonds. The van der Waals surface area contributed by atoms with Gasteiger partial charge >= 0.3 is 5.97 Å². The summed E-state index contributed by atoms with van der Waals surface area (Å²) in [5.74, 6) is -1.23. The van der Waals surface area contributed by atoms with Gasteiger partial charge in [0, 0.05) is 20.1 Å². The van der Waals surface area contributed by atoms with Gasteiger partial charge in [-0.2, -0.15) is 0 Å². The van der Waals surface area contributed by atoms with Gasteiger partial charge in [0.1, 0.15) is 6.10 Å². The van der Waals surface area contributed by atoms with E-state index < -0.39 is 28.9 Å². The van der Waals surface area contributed by atoms with E-state index in [-0.39, 0.29) is 11.3 Å². The maximum atomic E-state index is 11.8. The molecular formula is C13H16N2O6. The molecule has 0 unspecified atom stereocenters. The first-order valence-electron chi connectivity index (χ1n) is 6.03. The number of nitro groups is 1. The molecule has 0 spiro atoms. The molecule has 0 fully saturated rings. The molecule has 0 saturated heterocycles. The van der Waals surface area contributed by atoms with E-state index in [2.05, 4.69) is 10.1 Å². The summed E-state index contributed by atoms with van der Waals surface area (Å²) in [5.41, 5.74) is -0.0299. The van der Waals surface area contributed by atoms with Crippen LogP contribution < -0.4 is 5.32 Å². The summed E-state index contributed by atoms with van der Waals surface area (Å²) >= 11 is 0. The number of methoxy groups -OCH3 is 2. The number of ether oxygens (including phenoxy) is 2. The average molecular weight is 296 g/mol. The number of benzene rings is 1. The lowest BCUT2D eigenvalue weighted by Gasteiger charge is -2.24. The molecule has 0 aliphatic heterocycles. The molecule has 0 heterocycles. The van der Waals surface area contributed by atoms with Crippen LogP contribution in [-0.2, 0) is 19.1 Å². The quantitative estimate of drug-likeness (QED) is 0.476. The second-order valence-electron chi connectivity index (χ2n) is 4.17. The first kappa shape index (κ1) is 16.6. The molecule has 114 valence electrons. The third-order valence-corrected chi connectivity index (χ3v) is 2.81. The molecule has 8 nitrogen and oxygen atoms in total. The van der Waals surface area contributed by atoms with Crippen LogP contribution in [0.3, 0.4) is 0 Å². The fourth-order valence-electron chi connectivity index (χ4n) is 1.94. The third-order valence-electron chi connectivity index (χ3n) is 2.81. The summed E-state index contributed by atoms with van der Waals surface area (Å²) < 4.78 is 9.81. The number of nitro benzene ring substituents is 1. The first-order valence-corrected chi connectivity index (χ1v) is 6.03. The minimum Gasteiger partial charge on any atom is -0.467 e. The van der Waals surface area contributed by atoms with Gasteiger partial charge < -0.3 is 14.8 Å².